The number of nitrogens with one attached hydrogen (secondary N) is 2. The summed E-state index contributed by atoms with van der Waals surface area (Å²) in [6.45, 7) is 0.718. The van der Waals surface area contributed by atoms with E-state index >= 15 is 0 Å². The number of carbonyl (C=O) groups is 1. The van der Waals surface area contributed by atoms with Gasteiger partial charge in [-0.05, 0) is 29.8 Å². The second-order valence-electron chi connectivity index (χ2n) is 5.43. The molecule has 0 aliphatic rings. The number of aromatic nitrogens is 1. The van der Waals surface area contributed by atoms with Crippen LogP contribution in [0, 0.1) is 0 Å². The minimum absolute atomic E-state index is 0.255. The predicted molar refractivity (Wildman–Crippen MR) is 99.0 cm³/mol. The molecule has 1 heterocycles. The van der Waals surface area contributed by atoms with E-state index in [1.54, 1.807) is 30.5 Å². The van der Waals surface area contributed by atoms with E-state index in [0.29, 0.717) is 17.1 Å². The average Bonchev–Trinajstić information content (AvgIpc) is 2.68. The van der Waals surface area contributed by atoms with Gasteiger partial charge in [0, 0.05) is 6.54 Å². The largest absolute Gasteiger partial charge is 0.496 e. The Kier molecular flexibility index (Phi) is 5.26. The quantitative estimate of drug-likeness (QED) is 0.717. The van der Waals surface area contributed by atoms with Crippen molar-refractivity contribution < 1.29 is 9.53 Å². The first-order valence-electron chi connectivity index (χ1n) is 7.94. The maximum absolute atomic E-state index is 12.3. The summed E-state index contributed by atoms with van der Waals surface area (Å²) in [6, 6.07) is 20.8. The summed E-state index contributed by atoms with van der Waals surface area (Å²) in [6.07, 6.45) is 1.70. The maximum Gasteiger partial charge on any atom is 0.260 e. The zero-order valence-electron chi connectivity index (χ0n) is 13.9. The molecule has 3 rings (SSSR count). The molecule has 5 heteroatoms. The van der Waals surface area contributed by atoms with Crippen LogP contribution < -0.4 is 15.4 Å². The van der Waals surface area contributed by atoms with Crippen LogP contribution in [0.4, 0.5) is 11.5 Å². The van der Waals surface area contributed by atoms with E-state index in [-0.39, 0.29) is 5.91 Å². The number of rotatable bonds is 6. The first-order valence-corrected chi connectivity index (χ1v) is 7.94. The van der Waals surface area contributed by atoms with Gasteiger partial charge in [0.15, 0.2) is 0 Å². The Balaban J connectivity index is 1.61. The third kappa shape index (κ3) is 4.35. The van der Waals surface area contributed by atoms with Gasteiger partial charge in [-0.1, -0.05) is 42.5 Å². The highest BCUT2D eigenvalue weighted by Gasteiger charge is 2.11. The van der Waals surface area contributed by atoms with Crippen molar-refractivity contribution in [3.05, 3.63) is 84.1 Å². The topological polar surface area (TPSA) is 63.2 Å². The van der Waals surface area contributed by atoms with Crippen molar-refractivity contribution in [3.63, 3.8) is 0 Å². The van der Waals surface area contributed by atoms with Crippen LogP contribution in [-0.2, 0) is 6.54 Å². The number of carbonyl (C=O) groups excluding carboxylic acids is 1. The standard InChI is InChI=1S/C20H19N3O2/c1-25-18-10-6-5-9-17(18)20(24)23-19-12-11-16(14-22-19)21-13-15-7-3-2-4-8-15/h2-12,14,21H,13H2,1H3,(H,22,23,24). The molecular formula is C20H19N3O2. The van der Waals surface area contributed by atoms with E-state index in [9.17, 15) is 4.79 Å². The van der Waals surface area contributed by atoms with E-state index in [1.165, 1.54) is 12.7 Å². The molecule has 0 radical (unpaired) electrons. The van der Waals surface area contributed by atoms with Crippen LogP contribution in [0.15, 0.2) is 72.9 Å². The molecule has 1 aromatic heterocycles. The Morgan fingerprint density at radius 3 is 2.48 bits per heavy atom. The molecule has 0 aliphatic heterocycles. The van der Waals surface area contributed by atoms with Gasteiger partial charge in [-0.25, -0.2) is 4.98 Å². The minimum Gasteiger partial charge on any atom is -0.496 e. The number of hydrogen-bond acceptors (Lipinski definition) is 4. The van der Waals surface area contributed by atoms with Crippen LogP contribution in [0.1, 0.15) is 15.9 Å². The molecule has 25 heavy (non-hydrogen) atoms. The van der Waals surface area contributed by atoms with E-state index in [4.69, 9.17) is 4.74 Å². The molecule has 0 unspecified atom stereocenters. The van der Waals surface area contributed by atoms with E-state index in [2.05, 4.69) is 27.8 Å². The summed E-state index contributed by atoms with van der Waals surface area (Å²) in [5.74, 6) is 0.761. The monoisotopic (exact) mass is 333 g/mol. The zero-order valence-corrected chi connectivity index (χ0v) is 13.9. The number of hydrogen-bond donors (Lipinski definition) is 2. The molecule has 5 nitrogen and oxygen atoms in total. The predicted octanol–water partition coefficient (Wildman–Crippen LogP) is 3.95. The Morgan fingerprint density at radius 1 is 1.00 bits per heavy atom. The molecule has 2 N–H and O–H groups in total. The molecule has 2 aromatic carbocycles. The lowest BCUT2D eigenvalue weighted by Gasteiger charge is -2.10. The second kappa shape index (κ2) is 7.97. The first kappa shape index (κ1) is 16.5. The summed E-state index contributed by atoms with van der Waals surface area (Å²) >= 11 is 0. The van der Waals surface area contributed by atoms with Crippen LogP contribution in [0.5, 0.6) is 5.75 Å². The fraction of sp³-hybridized carbons (Fsp3) is 0.100. The molecule has 1 amide bonds. The Hall–Kier alpha value is -3.34. The number of nitrogens with zero attached hydrogens (tertiary/aromatic N) is 1. The maximum atomic E-state index is 12.3. The second-order valence-corrected chi connectivity index (χ2v) is 5.43. The number of ether oxygens (including phenoxy) is 1. The Morgan fingerprint density at radius 2 is 1.76 bits per heavy atom. The number of anilines is 2. The lowest BCUT2D eigenvalue weighted by molar-refractivity contribution is 0.102. The van der Waals surface area contributed by atoms with Crippen molar-refractivity contribution >= 4 is 17.4 Å². The number of methoxy groups -OCH3 is 1. The molecule has 0 saturated heterocycles. The summed E-state index contributed by atoms with van der Waals surface area (Å²) in [7, 11) is 1.54. The highest BCUT2D eigenvalue weighted by Crippen LogP contribution is 2.19. The molecule has 3 aromatic rings. The molecule has 0 fully saturated rings. The van der Waals surface area contributed by atoms with Crippen LogP contribution >= 0.6 is 0 Å². The third-order valence-corrected chi connectivity index (χ3v) is 3.70. The van der Waals surface area contributed by atoms with Gasteiger partial charge in [-0.3, -0.25) is 4.79 Å². The van der Waals surface area contributed by atoms with Crippen molar-refractivity contribution in [1.29, 1.82) is 0 Å². The molecule has 0 bridgehead atoms. The summed E-state index contributed by atoms with van der Waals surface area (Å²) in [5, 5.41) is 6.07. The Bertz CT molecular complexity index is 833. The number of amides is 1. The molecule has 0 saturated carbocycles. The molecule has 0 spiro atoms. The van der Waals surface area contributed by atoms with E-state index in [0.717, 1.165) is 12.2 Å². The SMILES string of the molecule is COc1ccccc1C(=O)Nc1ccc(NCc2ccccc2)cn1. The highest BCUT2D eigenvalue weighted by molar-refractivity contribution is 6.05. The van der Waals surface area contributed by atoms with Crippen molar-refractivity contribution in [2.24, 2.45) is 0 Å². The fourth-order valence-corrected chi connectivity index (χ4v) is 2.39. The van der Waals surface area contributed by atoms with Gasteiger partial charge in [-0.2, -0.15) is 0 Å². The third-order valence-electron chi connectivity index (χ3n) is 3.70. The van der Waals surface area contributed by atoms with Crippen molar-refractivity contribution in [2.45, 2.75) is 6.54 Å². The van der Waals surface area contributed by atoms with E-state index < -0.39 is 0 Å². The van der Waals surface area contributed by atoms with Crippen molar-refractivity contribution in [3.8, 4) is 5.75 Å². The first-order chi connectivity index (χ1) is 12.3. The van der Waals surface area contributed by atoms with Gasteiger partial charge in [0.1, 0.15) is 11.6 Å². The fourth-order valence-electron chi connectivity index (χ4n) is 2.39. The normalized spacial score (nSPS) is 10.1. The van der Waals surface area contributed by atoms with Crippen LogP contribution in [0.2, 0.25) is 0 Å². The number of para-hydroxylation sites is 1. The van der Waals surface area contributed by atoms with Gasteiger partial charge in [0.25, 0.3) is 5.91 Å². The van der Waals surface area contributed by atoms with Crippen molar-refractivity contribution in [2.75, 3.05) is 17.7 Å². The van der Waals surface area contributed by atoms with Crippen LogP contribution in [0.25, 0.3) is 0 Å². The van der Waals surface area contributed by atoms with Crippen LogP contribution in [0.3, 0.4) is 0 Å². The molecule has 0 atom stereocenters. The van der Waals surface area contributed by atoms with Gasteiger partial charge >= 0.3 is 0 Å². The van der Waals surface area contributed by atoms with Gasteiger partial charge in [0.05, 0.1) is 24.6 Å². The summed E-state index contributed by atoms with van der Waals surface area (Å²) in [5.41, 5.74) is 2.55. The highest BCUT2D eigenvalue weighted by atomic mass is 16.5. The average molecular weight is 333 g/mol. The molecular weight excluding hydrogens is 314 g/mol. The zero-order chi connectivity index (χ0) is 17.5. The number of pyridine rings is 1. The molecule has 0 aliphatic carbocycles. The summed E-state index contributed by atoms with van der Waals surface area (Å²) < 4.78 is 5.21. The van der Waals surface area contributed by atoms with Crippen molar-refractivity contribution in [1.82, 2.24) is 4.98 Å². The van der Waals surface area contributed by atoms with Gasteiger partial charge in [-0.15, -0.1) is 0 Å². The Labute approximate surface area is 146 Å². The lowest BCUT2D eigenvalue weighted by Crippen LogP contribution is -2.14. The molecule has 126 valence electrons. The minimum atomic E-state index is -0.255. The summed E-state index contributed by atoms with van der Waals surface area (Å²) in [4.78, 5) is 16.6. The lowest BCUT2D eigenvalue weighted by atomic mass is 10.2. The van der Waals surface area contributed by atoms with E-state index in [1.807, 2.05) is 30.3 Å². The smallest absolute Gasteiger partial charge is 0.260 e. The van der Waals surface area contributed by atoms with Gasteiger partial charge in [0.2, 0.25) is 0 Å². The van der Waals surface area contributed by atoms with Crippen LogP contribution in [-0.4, -0.2) is 18.0 Å². The number of benzene rings is 2. The van der Waals surface area contributed by atoms with Gasteiger partial charge < -0.3 is 15.4 Å².